The van der Waals surface area contributed by atoms with Gasteiger partial charge in [0, 0.05) is 13.1 Å². The molecule has 21 heavy (non-hydrogen) atoms. The molecule has 2 N–H and O–H groups in total. The van der Waals surface area contributed by atoms with Crippen molar-refractivity contribution in [2.75, 3.05) is 39.4 Å². The summed E-state index contributed by atoms with van der Waals surface area (Å²) >= 11 is 0. The molecule has 0 aromatic rings. The smallest absolute Gasteiger partial charge is 0.323 e. The van der Waals surface area contributed by atoms with Gasteiger partial charge in [-0.05, 0) is 6.92 Å². The number of morpholine rings is 1. The fourth-order valence-electron chi connectivity index (χ4n) is 1.87. The highest BCUT2D eigenvalue weighted by molar-refractivity contribution is 5.88. The zero-order valence-electron chi connectivity index (χ0n) is 11.9. The minimum Gasteiger partial charge on any atom is -0.480 e. The molecule has 1 fully saturated rings. The van der Waals surface area contributed by atoms with E-state index < -0.39 is 24.6 Å². The van der Waals surface area contributed by atoms with Crippen molar-refractivity contribution in [3.63, 3.8) is 0 Å². The van der Waals surface area contributed by atoms with Crippen LogP contribution in [0.4, 0.5) is 4.79 Å². The Balaban J connectivity index is 2.56. The van der Waals surface area contributed by atoms with Crippen LogP contribution >= 0.6 is 0 Å². The molecular weight excluding hydrogens is 278 g/mol. The van der Waals surface area contributed by atoms with Crippen LogP contribution in [-0.4, -0.2) is 78.2 Å². The maximum Gasteiger partial charge on any atom is 0.323 e. The van der Waals surface area contributed by atoms with Crippen molar-refractivity contribution in [2.24, 2.45) is 0 Å². The van der Waals surface area contributed by atoms with E-state index in [1.54, 1.807) is 11.8 Å². The number of rotatable bonds is 5. The second kappa shape index (κ2) is 8.11. The Morgan fingerprint density at radius 3 is 2.57 bits per heavy atom. The maximum atomic E-state index is 12.1. The highest BCUT2D eigenvalue weighted by Crippen LogP contribution is 2.01. The minimum atomic E-state index is -1.17. The number of carbonyl (C=O) groups is 3. The van der Waals surface area contributed by atoms with Crippen molar-refractivity contribution in [3.8, 4) is 12.3 Å². The van der Waals surface area contributed by atoms with Crippen LogP contribution in [0.1, 0.15) is 6.92 Å². The summed E-state index contributed by atoms with van der Waals surface area (Å²) < 4.78 is 5.15. The lowest BCUT2D eigenvalue weighted by Gasteiger charge is -2.30. The van der Waals surface area contributed by atoms with Crippen LogP contribution in [0.15, 0.2) is 0 Å². The van der Waals surface area contributed by atoms with Crippen LogP contribution in [0.5, 0.6) is 0 Å². The molecule has 1 unspecified atom stereocenters. The van der Waals surface area contributed by atoms with E-state index in [0.717, 1.165) is 4.90 Å². The van der Waals surface area contributed by atoms with Gasteiger partial charge in [0.15, 0.2) is 0 Å². The van der Waals surface area contributed by atoms with Gasteiger partial charge in [-0.1, -0.05) is 5.92 Å². The molecule has 0 aromatic heterocycles. The quantitative estimate of drug-likeness (QED) is 0.632. The van der Waals surface area contributed by atoms with Crippen LogP contribution in [0, 0.1) is 12.3 Å². The van der Waals surface area contributed by atoms with E-state index in [4.69, 9.17) is 16.3 Å². The fourth-order valence-corrected chi connectivity index (χ4v) is 1.87. The first-order valence-electron chi connectivity index (χ1n) is 6.53. The Bertz CT molecular complexity index is 440. The fraction of sp³-hybridized carbons (Fsp3) is 0.615. The number of terminal acetylenes is 1. The van der Waals surface area contributed by atoms with Gasteiger partial charge in [-0.15, -0.1) is 6.42 Å². The van der Waals surface area contributed by atoms with E-state index >= 15 is 0 Å². The molecule has 8 heteroatoms. The van der Waals surface area contributed by atoms with Gasteiger partial charge in [-0.2, -0.15) is 0 Å². The van der Waals surface area contributed by atoms with Crippen molar-refractivity contribution in [3.05, 3.63) is 0 Å². The predicted octanol–water partition coefficient (Wildman–Crippen LogP) is -1.04. The van der Waals surface area contributed by atoms with E-state index in [9.17, 15) is 14.4 Å². The second-order valence-corrected chi connectivity index (χ2v) is 4.56. The molecule has 116 valence electrons. The normalized spacial score (nSPS) is 15.7. The van der Waals surface area contributed by atoms with Crippen molar-refractivity contribution in [1.29, 1.82) is 0 Å². The van der Waals surface area contributed by atoms with Gasteiger partial charge < -0.3 is 25.0 Å². The zero-order valence-corrected chi connectivity index (χ0v) is 11.9. The SMILES string of the molecule is C#CCN(CC(=O)O)C(=O)NC(C)C(=O)N1CCOCC1. The molecule has 0 radical (unpaired) electrons. The molecule has 0 saturated carbocycles. The summed E-state index contributed by atoms with van der Waals surface area (Å²) in [7, 11) is 0. The van der Waals surface area contributed by atoms with Gasteiger partial charge in [0.1, 0.15) is 12.6 Å². The average molecular weight is 297 g/mol. The first-order chi connectivity index (χ1) is 9.95. The number of ether oxygens (including phenoxy) is 1. The molecule has 3 amide bonds. The number of nitrogens with zero attached hydrogens (tertiary/aromatic N) is 2. The molecule has 0 aliphatic carbocycles. The summed E-state index contributed by atoms with van der Waals surface area (Å²) in [6.07, 6.45) is 5.10. The van der Waals surface area contributed by atoms with Gasteiger partial charge in [-0.3, -0.25) is 9.59 Å². The molecule has 0 spiro atoms. The van der Waals surface area contributed by atoms with Gasteiger partial charge in [0.05, 0.1) is 19.8 Å². The van der Waals surface area contributed by atoms with Crippen molar-refractivity contribution >= 4 is 17.9 Å². The Labute approximate surface area is 123 Å². The second-order valence-electron chi connectivity index (χ2n) is 4.56. The number of nitrogens with one attached hydrogen (secondary N) is 1. The molecule has 1 atom stereocenters. The van der Waals surface area contributed by atoms with Crippen molar-refractivity contribution in [2.45, 2.75) is 13.0 Å². The van der Waals surface area contributed by atoms with E-state index in [2.05, 4.69) is 11.2 Å². The maximum absolute atomic E-state index is 12.1. The third-order valence-electron chi connectivity index (χ3n) is 2.93. The summed E-state index contributed by atoms with van der Waals surface area (Å²) in [5.74, 6) is 0.803. The molecule has 1 aliphatic rings. The summed E-state index contributed by atoms with van der Waals surface area (Å²) in [5.41, 5.74) is 0. The number of carbonyl (C=O) groups excluding carboxylic acids is 2. The first-order valence-corrected chi connectivity index (χ1v) is 6.53. The number of aliphatic carboxylic acids is 1. The number of urea groups is 1. The lowest BCUT2D eigenvalue weighted by atomic mass is 10.2. The average Bonchev–Trinajstić information content (AvgIpc) is 2.46. The number of carboxylic acids is 1. The number of carboxylic acid groups (broad SMARTS) is 1. The number of hydrogen-bond acceptors (Lipinski definition) is 4. The molecule has 1 heterocycles. The molecule has 1 aliphatic heterocycles. The van der Waals surface area contributed by atoms with Crippen LogP contribution in [-0.2, 0) is 14.3 Å². The van der Waals surface area contributed by atoms with E-state index in [1.807, 2.05) is 0 Å². The highest BCUT2D eigenvalue weighted by Gasteiger charge is 2.25. The Morgan fingerprint density at radius 1 is 1.43 bits per heavy atom. The summed E-state index contributed by atoms with van der Waals surface area (Å²) in [5, 5.41) is 11.2. The molecule has 0 aromatic carbocycles. The number of amides is 3. The Hall–Kier alpha value is -2.27. The lowest BCUT2D eigenvalue weighted by molar-refractivity contribution is -0.137. The zero-order chi connectivity index (χ0) is 15.8. The number of hydrogen-bond donors (Lipinski definition) is 2. The van der Waals surface area contributed by atoms with Gasteiger partial charge in [0.25, 0.3) is 0 Å². The van der Waals surface area contributed by atoms with Crippen molar-refractivity contribution in [1.82, 2.24) is 15.1 Å². The lowest BCUT2D eigenvalue weighted by Crippen LogP contribution is -2.53. The molecular formula is C13H19N3O5. The highest BCUT2D eigenvalue weighted by atomic mass is 16.5. The molecule has 1 saturated heterocycles. The third-order valence-corrected chi connectivity index (χ3v) is 2.93. The van der Waals surface area contributed by atoms with Gasteiger partial charge in [0.2, 0.25) is 5.91 Å². The monoisotopic (exact) mass is 297 g/mol. The first kappa shape index (κ1) is 16.8. The standard InChI is InChI=1S/C13H19N3O5/c1-3-4-16(9-11(17)18)13(20)14-10(2)12(19)15-5-7-21-8-6-15/h1,10H,4-9H2,2H3,(H,14,20)(H,17,18). The third kappa shape index (κ3) is 5.31. The molecule has 1 rings (SSSR count). The van der Waals surface area contributed by atoms with Crippen LogP contribution in [0.3, 0.4) is 0 Å². The Morgan fingerprint density at radius 2 is 2.05 bits per heavy atom. The van der Waals surface area contributed by atoms with E-state index in [1.165, 1.54) is 0 Å². The summed E-state index contributed by atoms with van der Waals surface area (Å²) in [4.78, 5) is 37.3. The largest absolute Gasteiger partial charge is 0.480 e. The van der Waals surface area contributed by atoms with E-state index in [-0.39, 0.29) is 12.5 Å². The molecule has 8 nitrogen and oxygen atoms in total. The summed E-state index contributed by atoms with van der Waals surface area (Å²) in [6.45, 7) is 2.77. The van der Waals surface area contributed by atoms with E-state index in [0.29, 0.717) is 26.3 Å². The van der Waals surface area contributed by atoms with Crippen molar-refractivity contribution < 1.29 is 24.2 Å². The topological polar surface area (TPSA) is 99.2 Å². The van der Waals surface area contributed by atoms with Crippen LogP contribution in [0.2, 0.25) is 0 Å². The predicted molar refractivity (Wildman–Crippen MR) is 73.4 cm³/mol. The van der Waals surface area contributed by atoms with Crippen LogP contribution in [0.25, 0.3) is 0 Å². The minimum absolute atomic E-state index is 0.142. The van der Waals surface area contributed by atoms with Gasteiger partial charge >= 0.3 is 12.0 Å². The van der Waals surface area contributed by atoms with Gasteiger partial charge in [-0.25, -0.2) is 4.79 Å². The summed E-state index contributed by atoms with van der Waals surface area (Å²) in [6, 6.07) is -1.44. The molecule has 0 bridgehead atoms. The Kier molecular flexibility index (Phi) is 6.49. The van der Waals surface area contributed by atoms with Crippen LogP contribution < -0.4 is 5.32 Å².